The summed E-state index contributed by atoms with van der Waals surface area (Å²) in [4.78, 5) is 26.5. The minimum atomic E-state index is 0.187. The highest BCUT2D eigenvalue weighted by Crippen LogP contribution is 2.24. The molecule has 2 aromatic carbocycles. The fraction of sp³-hybridized carbons (Fsp3) is 0.318. The van der Waals surface area contributed by atoms with Crippen molar-refractivity contribution in [3.05, 3.63) is 53.5 Å². The Morgan fingerprint density at radius 3 is 2.50 bits per heavy atom. The average molecular weight is 438 g/mol. The molecule has 0 atom stereocenters. The molecule has 1 aliphatic rings. The fourth-order valence-corrected chi connectivity index (χ4v) is 5.70. The van der Waals surface area contributed by atoms with Crippen LogP contribution >= 0.6 is 23.1 Å². The van der Waals surface area contributed by atoms with E-state index in [0.717, 1.165) is 59.4 Å². The fourth-order valence-electron chi connectivity index (χ4n) is 3.80. The molecule has 1 amide bonds. The van der Waals surface area contributed by atoms with Crippen molar-refractivity contribution < 1.29 is 4.79 Å². The molecule has 154 valence electrons. The van der Waals surface area contributed by atoms with Gasteiger partial charge in [0.1, 0.15) is 5.01 Å². The molecule has 0 radical (unpaired) electrons. The molecule has 0 bridgehead atoms. The highest BCUT2D eigenvalue weighted by atomic mass is 32.2. The van der Waals surface area contributed by atoms with Crippen LogP contribution in [0.25, 0.3) is 21.3 Å². The van der Waals surface area contributed by atoms with Crippen molar-refractivity contribution in [2.45, 2.75) is 11.7 Å². The molecule has 0 aliphatic carbocycles. The van der Waals surface area contributed by atoms with Crippen molar-refractivity contribution in [3.63, 3.8) is 0 Å². The first-order valence-corrected chi connectivity index (χ1v) is 11.9. The van der Waals surface area contributed by atoms with Gasteiger partial charge in [0.2, 0.25) is 5.91 Å². The lowest BCUT2D eigenvalue weighted by atomic mass is 10.3. The number of imidazole rings is 1. The number of benzene rings is 2. The molecule has 5 rings (SSSR count). The minimum absolute atomic E-state index is 0.187. The summed E-state index contributed by atoms with van der Waals surface area (Å²) in [5.41, 5.74) is 3.14. The summed E-state index contributed by atoms with van der Waals surface area (Å²) in [6.45, 7) is 4.17. The highest BCUT2D eigenvalue weighted by Gasteiger charge is 2.22. The summed E-state index contributed by atoms with van der Waals surface area (Å²) in [7, 11) is 2.00. The van der Waals surface area contributed by atoms with Crippen LogP contribution in [-0.4, -0.2) is 62.2 Å². The van der Waals surface area contributed by atoms with Gasteiger partial charge in [0.05, 0.1) is 33.5 Å². The van der Waals surface area contributed by atoms with Crippen LogP contribution in [0.1, 0.15) is 5.01 Å². The van der Waals surface area contributed by atoms with E-state index in [4.69, 9.17) is 4.98 Å². The van der Waals surface area contributed by atoms with E-state index in [2.05, 4.69) is 38.7 Å². The van der Waals surface area contributed by atoms with Crippen molar-refractivity contribution >= 4 is 50.3 Å². The van der Waals surface area contributed by atoms with Gasteiger partial charge in [0.25, 0.3) is 0 Å². The van der Waals surface area contributed by atoms with Crippen LogP contribution in [0.15, 0.2) is 53.7 Å². The van der Waals surface area contributed by atoms with Crippen LogP contribution in [0.4, 0.5) is 0 Å². The van der Waals surface area contributed by atoms with E-state index in [-0.39, 0.29) is 5.91 Å². The van der Waals surface area contributed by atoms with Gasteiger partial charge in [-0.15, -0.1) is 11.3 Å². The Hall–Kier alpha value is -2.42. The number of hydrogen-bond donors (Lipinski definition) is 0. The Labute approximate surface area is 183 Å². The van der Waals surface area contributed by atoms with Crippen LogP contribution in [0.3, 0.4) is 0 Å². The summed E-state index contributed by atoms with van der Waals surface area (Å²) < 4.78 is 3.30. The maximum atomic E-state index is 12.7. The van der Waals surface area contributed by atoms with Gasteiger partial charge in [0.15, 0.2) is 5.16 Å². The topological polar surface area (TPSA) is 54.3 Å². The van der Waals surface area contributed by atoms with E-state index in [0.29, 0.717) is 5.75 Å². The molecule has 30 heavy (non-hydrogen) atoms. The first kappa shape index (κ1) is 19.5. The van der Waals surface area contributed by atoms with E-state index in [1.54, 1.807) is 11.3 Å². The van der Waals surface area contributed by atoms with E-state index < -0.39 is 0 Å². The number of carbonyl (C=O) groups is 1. The number of para-hydroxylation sites is 3. The monoisotopic (exact) mass is 437 g/mol. The number of nitrogens with zero attached hydrogens (tertiary/aromatic N) is 5. The zero-order valence-electron chi connectivity index (χ0n) is 16.8. The number of aromatic nitrogens is 3. The second-order valence-electron chi connectivity index (χ2n) is 7.46. The van der Waals surface area contributed by atoms with Crippen molar-refractivity contribution in [2.24, 2.45) is 7.05 Å². The Morgan fingerprint density at radius 1 is 1.00 bits per heavy atom. The number of hydrogen-bond acceptors (Lipinski definition) is 6. The van der Waals surface area contributed by atoms with Crippen LogP contribution in [0.2, 0.25) is 0 Å². The third-order valence-electron chi connectivity index (χ3n) is 5.49. The zero-order chi connectivity index (χ0) is 20.5. The van der Waals surface area contributed by atoms with Crippen LogP contribution in [0, 0.1) is 0 Å². The maximum absolute atomic E-state index is 12.7. The summed E-state index contributed by atoms with van der Waals surface area (Å²) >= 11 is 3.28. The molecule has 0 saturated carbocycles. The maximum Gasteiger partial charge on any atom is 0.233 e. The van der Waals surface area contributed by atoms with Crippen molar-refractivity contribution in [3.8, 4) is 0 Å². The Kier molecular flexibility index (Phi) is 5.45. The molecule has 2 aromatic heterocycles. The van der Waals surface area contributed by atoms with Crippen LogP contribution < -0.4 is 0 Å². The second-order valence-corrected chi connectivity index (χ2v) is 9.52. The molecule has 1 aliphatic heterocycles. The number of amides is 1. The molecule has 0 spiro atoms. The average Bonchev–Trinajstić information content (AvgIpc) is 3.33. The molecular formula is C22H23N5OS2. The predicted octanol–water partition coefficient (Wildman–Crippen LogP) is 3.62. The van der Waals surface area contributed by atoms with Crippen molar-refractivity contribution in [1.29, 1.82) is 0 Å². The van der Waals surface area contributed by atoms with Crippen LogP contribution in [-0.2, 0) is 18.4 Å². The molecule has 3 heterocycles. The molecular weight excluding hydrogens is 414 g/mol. The molecule has 0 unspecified atom stereocenters. The van der Waals surface area contributed by atoms with Crippen molar-refractivity contribution in [2.75, 3.05) is 31.9 Å². The van der Waals surface area contributed by atoms with Gasteiger partial charge < -0.3 is 9.47 Å². The first-order chi connectivity index (χ1) is 14.7. The van der Waals surface area contributed by atoms with Gasteiger partial charge in [0, 0.05) is 33.2 Å². The van der Waals surface area contributed by atoms with E-state index in [9.17, 15) is 4.79 Å². The van der Waals surface area contributed by atoms with Gasteiger partial charge >= 0.3 is 0 Å². The van der Waals surface area contributed by atoms with Gasteiger partial charge in [-0.25, -0.2) is 9.97 Å². The third kappa shape index (κ3) is 3.95. The molecule has 4 aromatic rings. The van der Waals surface area contributed by atoms with E-state index in [1.807, 2.05) is 36.2 Å². The second kappa shape index (κ2) is 8.37. The lowest BCUT2D eigenvalue weighted by Crippen LogP contribution is -2.48. The Balaban J connectivity index is 1.14. The number of piperazine rings is 1. The number of rotatable bonds is 5. The van der Waals surface area contributed by atoms with Gasteiger partial charge in [-0.05, 0) is 24.3 Å². The van der Waals surface area contributed by atoms with Gasteiger partial charge in [-0.2, -0.15) is 0 Å². The number of fused-ring (bicyclic) bond motifs is 2. The van der Waals surface area contributed by atoms with E-state index in [1.165, 1.54) is 16.5 Å². The lowest BCUT2D eigenvalue weighted by molar-refractivity contribution is -0.130. The quantitative estimate of drug-likeness (QED) is 0.447. The van der Waals surface area contributed by atoms with Gasteiger partial charge in [-0.1, -0.05) is 36.0 Å². The molecule has 8 heteroatoms. The lowest BCUT2D eigenvalue weighted by Gasteiger charge is -2.34. The number of aryl methyl sites for hydroxylation is 1. The summed E-state index contributed by atoms with van der Waals surface area (Å²) in [6.07, 6.45) is 0. The smallest absolute Gasteiger partial charge is 0.233 e. The number of carbonyl (C=O) groups excluding carboxylic acids is 1. The minimum Gasteiger partial charge on any atom is -0.339 e. The Morgan fingerprint density at radius 2 is 1.73 bits per heavy atom. The summed E-state index contributed by atoms with van der Waals surface area (Å²) in [5, 5.41) is 2.03. The zero-order valence-corrected chi connectivity index (χ0v) is 18.5. The van der Waals surface area contributed by atoms with E-state index >= 15 is 0 Å². The summed E-state index contributed by atoms with van der Waals surface area (Å²) in [6, 6.07) is 16.3. The normalized spacial score (nSPS) is 15.3. The summed E-state index contributed by atoms with van der Waals surface area (Å²) in [5.74, 6) is 0.612. The molecule has 1 fully saturated rings. The standard InChI is InChI=1S/C22H23N5OS2/c1-25-18-8-4-2-6-16(18)24-22(25)29-15-21(28)27-12-10-26(11-13-27)14-20-23-17-7-3-5-9-19(17)30-20/h2-9H,10-15H2,1H3. The highest BCUT2D eigenvalue weighted by molar-refractivity contribution is 7.99. The largest absolute Gasteiger partial charge is 0.339 e. The Bertz CT molecular complexity index is 1160. The predicted molar refractivity (Wildman–Crippen MR) is 123 cm³/mol. The van der Waals surface area contributed by atoms with Crippen molar-refractivity contribution in [1.82, 2.24) is 24.3 Å². The molecule has 1 saturated heterocycles. The molecule has 0 N–H and O–H groups in total. The SMILES string of the molecule is Cn1c(SCC(=O)N2CCN(Cc3nc4ccccc4s3)CC2)nc2ccccc21. The third-order valence-corrected chi connectivity index (χ3v) is 7.53. The van der Waals surface area contributed by atoms with Gasteiger partial charge in [-0.3, -0.25) is 9.69 Å². The number of thiazole rings is 1. The number of thioether (sulfide) groups is 1. The van der Waals surface area contributed by atoms with Crippen LogP contribution in [0.5, 0.6) is 0 Å². The molecule has 6 nitrogen and oxygen atoms in total. The first-order valence-electron chi connectivity index (χ1n) is 10.1.